The van der Waals surface area contributed by atoms with Gasteiger partial charge in [0.1, 0.15) is 11.3 Å². The third kappa shape index (κ3) is 2.99. The summed E-state index contributed by atoms with van der Waals surface area (Å²) >= 11 is 0. The first-order chi connectivity index (χ1) is 17.3. The summed E-state index contributed by atoms with van der Waals surface area (Å²) in [7, 11) is 0. The molecule has 2 saturated heterocycles. The summed E-state index contributed by atoms with van der Waals surface area (Å²) in [6.07, 6.45) is 5.20. The Balaban J connectivity index is 1.34. The standard InChI is InChI=1S/C29H33N3O4/c33-22-9-8-21-14-24-29(36)11-10-28(25(34)30-26(35)32(28)17-19-4-2-1-3-5-19)18-27(29,23(21)15-22)12-13-31(24)16-20-6-7-20/h1-5,8-9,15,20,24,33,36H,6-7,10-14,16-18H2,(H,30,34,35). The maximum absolute atomic E-state index is 13.6. The van der Waals surface area contributed by atoms with Crippen LogP contribution < -0.4 is 5.32 Å². The third-order valence-electron chi connectivity index (χ3n) is 9.96. The molecule has 36 heavy (non-hydrogen) atoms. The molecule has 0 radical (unpaired) electrons. The van der Waals surface area contributed by atoms with Crippen LogP contribution in [0.2, 0.25) is 0 Å². The van der Waals surface area contributed by atoms with Crippen LogP contribution in [0.1, 0.15) is 55.2 Å². The van der Waals surface area contributed by atoms with E-state index in [4.69, 9.17) is 0 Å². The highest BCUT2D eigenvalue weighted by atomic mass is 16.3. The molecule has 4 unspecified atom stereocenters. The first-order valence-corrected chi connectivity index (χ1v) is 13.3. The maximum atomic E-state index is 13.6. The number of aromatic hydroxyl groups is 1. The summed E-state index contributed by atoms with van der Waals surface area (Å²) in [5.41, 5.74) is 0.314. The van der Waals surface area contributed by atoms with Gasteiger partial charge in [0.2, 0.25) is 0 Å². The average molecular weight is 488 g/mol. The lowest BCUT2D eigenvalue weighted by molar-refractivity contribution is -0.188. The molecule has 3 N–H and O–H groups in total. The van der Waals surface area contributed by atoms with E-state index in [1.165, 1.54) is 12.8 Å². The molecule has 4 atom stereocenters. The normalized spacial score (nSPS) is 35.5. The minimum atomic E-state index is -1.03. The van der Waals surface area contributed by atoms with Crippen LogP contribution in [0.25, 0.3) is 0 Å². The number of amides is 3. The number of piperidine rings is 1. The summed E-state index contributed by atoms with van der Waals surface area (Å²) < 4.78 is 0. The van der Waals surface area contributed by atoms with Crippen molar-refractivity contribution in [3.8, 4) is 5.75 Å². The van der Waals surface area contributed by atoms with Gasteiger partial charge in [-0.05, 0) is 86.2 Å². The van der Waals surface area contributed by atoms with Crippen LogP contribution in [0, 0.1) is 5.92 Å². The maximum Gasteiger partial charge on any atom is 0.325 e. The monoisotopic (exact) mass is 487 g/mol. The van der Waals surface area contributed by atoms with Crippen LogP contribution >= 0.6 is 0 Å². The Morgan fingerprint density at radius 1 is 1.03 bits per heavy atom. The number of imide groups is 1. The van der Waals surface area contributed by atoms with E-state index < -0.39 is 16.6 Å². The Morgan fingerprint density at radius 2 is 1.83 bits per heavy atom. The Morgan fingerprint density at radius 3 is 2.61 bits per heavy atom. The van der Waals surface area contributed by atoms with E-state index in [1.807, 2.05) is 42.5 Å². The summed E-state index contributed by atoms with van der Waals surface area (Å²) in [5.74, 6) is 0.637. The molecule has 7 heteroatoms. The molecule has 2 aromatic rings. The second-order valence-corrected chi connectivity index (χ2v) is 11.8. The zero-order valence-electron chi connectivity index (χ0n) is 20.4. The average Bonchev–Trinajstić information content (AvgIpc) is 3.66. The van der Waals surface area contributed by atoms with Crippen molar-refractivity contribution in [2.45, 2.75) is 74.1 Å². The SMILES string of the molecule is O=C1NC(=O)C2(CCC3(O)C4Cc5ccc(O)cc5C3(CCN4CC3CC3)C2)N1Cc1ccccc1. The summed E-state index contributed by atoms with van der Waals surface area (Å²) in [4.78, 5) is 30.9. The number of benzene rings is 2. The highest BCUT2D eigenvalue weighted by molar-refractivity contribution is 6.07. The Labute approximate surface area is 211 Å². The molecule has 5 aliphatic rings. The molecule has 7 rings (SSSR count). The highest BCUT2D eigenvalue weighted by Gasteiger charge is 2.71. The van der Waals surface area contributed by atoms with E-state index >= 15 is 0 Å². The first-order valence-electron chi connectivity index (χ1n) is 13.3. The number of nitrogens with one attached hydrogen (secondary N) is 1. The highest BCUT2D eigenvalue weighted by Crippen LogP contribution is 2.62. The smallest absolute Gasteiger partial charge is 0.325 e. The topological polar surface area (TPSA) is 93.1 Å². The fourth-order valence-electron chi connectivity index (χ4n) is 7.98. The number of phenols is 1. The molecule has 7 nitrogen and oxygen atoms in total. The molecule has 2 bridgehead atoms. The fourth-order valence-corrected chi connectivity index (χ4v) is 7.98. The van der Waals surface area contributed by atoms with Gasteiger partial charge in [0.15, 0.2) is 0 Å². The van der Waals surface area contributed by atoms with E-state index in [0.717, 1.165) is 42.1 Å². The number of hydrogen-bond acceptors (Lipinski definition) is 5. The van der Waals surface area contributed by atoms with Crippen LogP contribution in [0.5, 0.6) is 5.75 Å². The molecule has 3 amide bonds. The largest absolute Gasteiger partial charge is 0.508 e. The molecular weight excluding hydrogens is 454 g/mol. The van der Waals surface area contributed by atoms with Crippen LogP contribution in [0.4, 0.5) is 4.79 Å². The molecular formula is C29H33N3O4. The lowest BCUT2D eigenvalue weighted by Gasteiger charge is -2.66. The van der Waals surface area contributed by atoms with E-state index in [9.17, 15) is 19.8 Å². The lowest BCUT2D eigenvalue weighted by Crippen LogP contribution is -2.76. The van der Waals surface area contributed by atoms with Crippen molar-refractivity contribution in [1.29, 1.82) is 0 Å². The van der Waals surface area contributed by atoms with Gasteiger partial charge in [0, 0.05) is 24.5 Å². The van der Waals surface area contributed by atoms with Gasteiger partial charge in [0.05, 0.1) is 5.60 Å². The van der Waals surface area contributed by atoms with Gasteiger partial charge in [-0.1, -0.05) is 36.4 Å². The predicted octanol–water partition coefficient (Wildman–Crippen LogP) is 3.08. The Bertz CT molecular complexity index is 1250. The number of carbonyl (C=O) groups excluding carboxylic acids is 2. The van der Waals surface area contributed by atoms with Gasteiger partial charge in [0.25, 0.3) is 5.91 Å². The van der Waals surface area contributed by atoms with Crippen LogP contribution in [0.3, 0.4) is 0 Å². The van der Waals surface area contributed by atoms with Crippen molar-refractivity contribution in [3.63, 3.8) is 0 Å². The van der Waals surface area contributed by atoms with Crippen molar-refractivity contribution in [2.75, 3.05) is 13.1 Å². The zero-order valence-corrected chi connectivity index (χ0v) is 20.4. The number of phenolic OH excluding ortho intramolecular Hbond substituents is 1. The second-order valence-electron chi connectivity index (χ2n) is 11.8. The van der Waals surface area contributed by atoms with E-state index in [0.29, 0.717) is 32.2 Å². The minimum Gasteiger partial charge on any atom is -0.508 e. The van der Waals surface area contributed by atoms with E-state index in [2.05, 4.69) is 10.2 Å². The van der Waals surface area contributed by atoms with Crippen molar-refractivity contribution < 1.29 is 19.8 Å². The number of carbonyl (C=O) groups is 2. The summed E-state index contributed by atoms with van der Waals surface area (Å²) in [6, 6.07) is 14.9. The first kappa shape index (κ1) is 22.3. The minimum absolute atomic E-state index is 0.0241. The molecule has 2 saturated carbocycles. The molecule has 2 aromatic carbocycles. The van der Waals surface area contributed by atoms with Gasteiger partial charge in [-0.3, -0.25) is 15.0 Å². The molecule has 2 aliphatic heterocycles. The van der Waals surface area contributed by atoms with Gasteiger partial charge in [-0.25, -0.2) is 4.79 Å². The molecule has 0 aromatic heterocycles. The van der Waals surface area contributed by atoms with Crippen molar-refractivity contribution >= 4 is 11.9 Å². The van der Waals surface area contributed by atoms with Crippen molar-refractivity contribution in [2.24, 2.45) is 5.92 Å². The molecule has 4 fully saturated rings. The lowest BCUT2D eigenvalue weighted by atomic mass is 9.46. The van der Waals surface area contributed by atoms with Crippen LogP contribution in [0.15, 0.2) is 48.5 Å². The molecule has 188 valence electrons. The Hall–Kier alpha value is -2.90. The van der Waals surface area contributed by atoms with Crippen molar-refractivity contribution in [1.82, 2.24) is 15.1 Å². The van der Waals surface area contributed by atoms with Gasteiger partial charge in [-0.2, -0.15) is 0 Å². The quantitative estimate of drug-likeness (QED) is 0.577. The predicted molar refractivity (Wildman–Crippen MR) is 133 cm³/mol. The number of likely N-dealkylation sites (tertiary alicyclic amines) is 1. The Kier molecular flexibility index (Phi) is 4.68. The van der Waals surface area contributed by atoms with Gasteiger partial charge >= 0.3 is 6.03 Å². The zero-order chi connectivity index (χ0) is 24.7. The van der Waals surface area contributed by atoms with Gasteiger partial charge in [-0.15, -0.1) is 0 Å². The summed E-state index contributed by atoms with van der Waals surface area (Å²) in [5, 5.41) is 25.7. The number of hydrogen-bond donors (Lipinski definition) is 3. The third-order valence-corrected chi connectivity index (χ3v) is 9.96. The molecule has 3 aliphatic carbocycles. The van der Waals surface area contributed by atoms with Crippen molar-refractivity contribution in [3.05, 3.63) is 65.2 Å². The molecule has 1 spiro atoms. The van der Waals surface area contributed by atoms with Crippen LogP contribution in [-0.4, -0.2) is 62.2 Å². The van der Waals surface area contributed by atoms with E-state index in [1.54, 1.807) is 11.0 Å². The number of urea groups is 1. The second kappa shape index (κ2) is 7.56. The number of fused-ring (bicyclic) bond motifs is 1. The number of aliphatic hydroxyl groups is 1. The molecule has 2 heterocycles. The fraction of sp³-hybridized carbons (Fsp3) is 0.517. The number of nitrogens with zero attached hydrogens (tertiary/aromatic N) is 2. The summed E-state index contributed by atoms with van der Waals surface area (Å²) in [6.45, 7) is 2.21. The van der Waals surface area contributed by atoms with Gasteiger partial charge < -0.3 is 15.1 Å². The van der Waals surface area contributed by atoms with E-state index in [-0.39, 0.29) is 23.7 Å². The number of rotatable bonds is 4. The van der Waals surface area contributed by atoms with Crippen LogP contribution in [-0.2, 0) is 23.2 Å².